The Morgan fingerprint density at radius 2 is 2.12 bits per heavy atom. The number of aryl methyl sites for hydroxylation is 1. The number of rotatable bonds is 5. The minimum atomic E-state index is 0.551. The van der Waals surface area contributed by atoms with E-state index in [0.717, 1.165) is 18.1 Å². The van der Waals surface area contributed by atoms with Gasteiger partial charge < -0.3 is 5.73 Å². The fourth-order valence-electron chi connectivity index (χ4n) is 1.74. The van der Waals surface area contributed by atoms with Gasteiger partial charge in [0.2, 0.25) is 0 Å². The van der Waals surface area contributed by atoms with Crippen molar-refractivity contribution in [3.63, 3.8) is 0 Å². The molecule has 0 aliphatic carbocycles. The summed E-state index contributed by atoms with van der Waals surface area (Å²) in [5.74, 6) is 1.36. The quantitative estimate of drug-likeness (QED) is 0.827. The average molecular weight is 222 g/mol. The van der Waals surface area contributed by atoms with E-state index >= 15 is 0 Å². The summed E-state index contributed by atoms with van der Waals surface area (Å²) in [5.41, 5.74) is 6.63. The Labute approximate surface area is 97.9 Å². The van der Waals surface area contributed by atoms with Crippen LogP contribution < -0.4 is 5.73 Å². The van der Waals surface area contributed by atoms with E-state index in [1.165, 1.54) is 12.8 Å². The van der Waals surface area contributed by atoms with Crippen LogP contribution in [0.25, 0.3) is 0 Å². The van der Waals surface area contributed by atoms with E-state index in [9.17, 15) is 0 Å². The summed E-state index contributed by atoms with van der Waals surface area (Å²) in [5, 5.41) is 0. The summed E-state index contributed by atoms with van der Waals surface area (Å²) in [6.45, 7) is 7.12. The summed E-state index contributed by atoms with van der Waals surface area (Å²) in [6, 6.07) is 2.34. The molecule has 1 aromatic heterocycles. The van der Waals surface area contributed by atoms with Crippen molar-refractivity contribution in [2.45, 2.75) is 46.2 Å². The van der Waals surface area contributed by atoms with Crippen molar-refractivity contribution in [3.05, 3.63) is 17.6 Å². The predicted molar refractivity (Wildman–Crippen MR) is 67.0 cm³/mol. The molecule has 0 bridgehead atoms. The third-order valence-electron chi connectivity index (χ3n) is 2.77. The van der Waals surface area contributed by atoms with Gasteiger partial charge in [-0.3, -0.25) is 4.90 Å². The maximum Gasteiger partial charge on any atom is 0.144 e. The molecule has 1 aromatic rings. The fourth-order valence-corrected chi connectivity index (χ4v) is 1.74. The number of hydrogen-bond acceptors (Lipinski definition) is 4. The lowest BCUT2D eigenvalue weighted by molar-refractivity contribution is 0.231. The van der Waals surface area contributed by atoms with Gasteiger partial charge in [0, 0.05) is 17.8 Å². The van der Waals surface area contributed by atoms with Crippen LogP contribution in [0.5, 0.6) is 0 Å². The molecule has 1 unspecified atom stereocenters. The monoisotopic (exact) mass is 222 g/mol. The average Bonchev–Trinajstić information content (AvgIpc) is 2.16. The van der Waals surface area contributed by atoms with E-state index < -0.39 is 0 Å². The highest BCUT2D eigenvalue weighted by molar-refractivity contribution is 5.29. The van der Waals surface area contributed by atoms with E-state index in [2.05, 4.69) is 35.8 Å². The van der Waals surface area contributed by atoms with Crippen molar-refractivity contribution in [2.75, 3.05) is 12.8 Å². The van der Waals surface area contributed by atoms with Crippen LogP contribution >= 0.6 is 0 Å². The van der Waals surface area contributed by atoms with E-state index in [1.807, 2.05) is 6.92 Å². The van der Waals surface area contributed by atoms with Crippen LogP contribution in [-0.2, 0) is 6.54 Å². The molecule has 1 heterocycles. The SMILES string of the molecule is CCCC(C)N(C)Cc1nc(C)cc(N)n1. The predicted octanol–water partition coefficient (Wildman–Crippen LogP) is 1.99. The van der Waals surface area contributed by atoms with Crippen LogP contribution in [-0.4, -0.2) is 28.0 Å². The van der Waals surface area contributed by atoms with E-state index in [-0.39, 0.29) is 0 Å². The standard InChI is InChI=1S/C12H22N4/c1-5-6-10(3)16(4)8-12-14-9(2)7-11(13)15-12/h7,10H,5-6,8H2,1-4H3,(H2,13,14,15). The van der Waals surface area contributed by atoms with Gasteiger partial charge in [-0.1, -0.05) is 13.3 Å². The molecule has 0 saturated carbocycles. The van der Waals surface area contributed by atoms with Crippen molar-refractivity contribution in [1.29, 1.82) is 0 Å². The molecule has 0 radical (unpaired) electrons. The molecule has 0 amide bonds. The van der Waals surface area contributed by atoms with E-state index in [0.29, 0.717) is 11.9 Å². The third-order valence-corrected chi connectivity index (χ3v) is 2.77. The number of nitrogens with zero attached hydrogens (tertiary/aromatic N) is 3. The minimum Gasteiger partial charge on any atom is -0.384 e. The lowest BCUT2D eigenvalue weighted by Gasteiger charge is -2.23. The molecule has 0 aromatic carbocycles. The van der Waals surface area contributed by atoms with Gasteiger partial charge in [-0.2, -0.15) is 0 Å². The van der Waals surface area contributed by atoms with Gasteiger partial charge in [0.15, 0.2) is 0 Å². The van der Waals surface area contributed by atoms with Crippen molar-refractivity contribution in [1.82, 2.24) is 14.9 Å². The van der Waals surface area contributed by atoms with Crippen molar-refractivity contribution < 1.29 is 0 Å². The van der Waals surface area contributed by atoms with Crippen LogP contribution in [0.1, 0.15) is 38.2 Å². The highest BCUT2D eigenvalue weighted by Crippen LogP contribution is 2.09. The van der Waals surface area contributed by atoms with Crippen LogP contribution in [0, 0.1) is 6.92 Å². The Kier molecular flexibility index (Phi) is 4.68. The molecule has 1 atom stereocenters. The first kappa shape index (κ1) is 12.9. The summed E-state index contributed by atoms with van der Waals surface area (Å²) in [7, 11) is 2.10. The van der Waals surface area contributed by atoms with Crippen LogP contribution in [0.2, 0.25) is 0 Å². The van der Waals surface area contributed by atoms with Crippen LogP contribution in [0.15, 0.2) is 6.07 Å². The van der Waals surface area contributed by atoms with E-state index in [4.69, 9.17) is 5.73 Å². The molecule has 4 nitrogen and oxygen atoms in total. The summed E-state index contributed by atoms with van der Waals surface area (Å²) in [6.07, 6.45) is 2.39. The molecule has 16 heavy (non-hydrogen) atoms. The smallest absolute Gasteiger partial charge is 0.144 e. The zero-order chi connectivity index (χ0) is 12.1. The number of anilines is 1. The molecule has 4 heteroatoms. The molecular formula is C12H22N4. The second kappa shape index (κ2) is 5.80. The van der Waals surface area contributed by atoms with Gasteiger partial charge in [0.05, 0.1) is 6.54 Å². The van der Waals surface area contributed by atoms with Gasteiger partial charge in [-0.15, -0.1) is 0 Å². The highest BCUT2D eigenvalue weighted by atomic mass is 15.1. The van der Waals surface area contributed by atoms with Crippen molar-refractivity contribution >= 4 is 5.82 Å². The Hall–Kier alpha value is -1.16. The molecule has 0 saturated heterocycles. The number of aromatic nitrogens is 2. The number of hydrogen-bond donors (Lipinski definition) is 1. The first-order valence-electron chi connectivity index (χ1n) is 5.83. The molecule has 0 fully saturated rings. The second-order valence-corrected chi connectivity index (χ2v) is 4.40. The van der Waals surface area contributed by atoms with Crippen molar-refractivity contribution in [2.24, 2.45) is 0 Å². The molecular weight excluding hydrogens is 200 g/mol. The Bertz CT molecular complexity index is 318. The topological polar surface area (TPSA) is 55.0 Å². The fraction of sp³-hybridized carbons (Fsp3) is 0.667. The lowest BCUT2D eigenvalue weighted by Crippen LogP contribution is -2.29. The highest BCUT2D eigenvalue weighted by Gasteiger charge is 2.10. The van der Waals surface area contributed by atoms with Gasteiger partial charge in [0.25, 0.3) is 0 Å². The largest absolute Gasteiger partial charge is 0.384 e. The lowest BCUT2D eigenvalue weighted by atomic mass is 10.2. The van der Waals surface area contributed by atoms with Gasteiger partial charge in [-0.05, 0) is 27.3 Å². The zero-order valence-corrected chi connectivity index (χ0v) is 10.7. The third kappa shape index (κ3) is 3.77. The Balaban J connectivity index is 2.65. The molecule has 0 aliphatic heterocycles. The van der Waals surface area contributed by atoms with Crippen LogP contribution in [0.3, 0.4) is 0 Å². The first-order valence-corrected chi connectivity index (χ1v) is 5.83. The van der Waals surface area contributed by atoms with Crippen LogP contribution in [0.4, 0.5) is 5.82 Å². The summed E-state index contributed by atoms with van der Waals surface area (Å²) >= 11 is 0. The first-order chi connectivity index (χ1) is 7.52. The van der Waals surface area contributed by atoms with Gasteiger partial charge in [-0.25, -0.2) is 9.97 Å². The molecule has 2 N–H and O–H groups in total. The minimum absolute atomic E-state index is 0.551. The Morgan fingerprint density at radius 1 is 1.44 bits per heavy atom. The van der Waals surface area contributed by atoms with Gasteiger partial charge >= 0.3 is 0 Å². The molecule has 90 valence electrons. The molecule has 0 aliphatic rings. The maximum atomic E-state index is 5.70. The normalized spacial score (nSPS) is 13.1. The maximum absolute atomic E-state index is 5.70. The summed E-state index contributed by atoms with van der Waals surface area (Å²) in [4.78, 5) is 10.9. The summed E-state index contributed by atoms with van der Waals surface area (Å²) < 4.78 is 0. The zero-order valence-electron chi connectivity index (χ0n) is 10.7. The number of nitrogen functional groups attached to an aromatic ring is 1. The molecule has 0 spiro atoms. The molecule has 1 rings (SSSR count). The van der Waals surface area contributed by atoms with E-state index in [1.54, 1.807) is 6.07 Å². The number of nitrogens with two attached hydrogens (primary N) is 1. The second-order valence-electron chi connectivity index (χ2n) is 4.40. The van der Waals surface area contributed by atoms with Crippen molar-refractivity contribution in [3.8, 4) is 0 Å². The van der Waals surface area contributed by atoms with Gasteiger partial charge in [0.1, 0.15) is 11.6 Å². The Morgan fingerprint density at radius 3 is 2.69 bits per heavy atom.